The summed E-state index contributed by atoms with van der Waals surface area (Å²) in [5, 5.41) is 0. The van der Waals surface area contributed by atoms with Gasteiger partial charge in [0, 0.05) is 0 Å². The Labute approximate surface area is 165 Å². The van der Waals surface area contributed by atoms with Crippen LogP contribution in [0.15, 0.2) is 23.8 Å². The standard InChI is InChI=1S/C23H38O4/c1-5-7-9-11-16-26-21(24)19-14-13-15-23(3,4)18-20(19)22(25)27-17-12-10-8-6-2/h13-15,20H,5-12,16-18H2,1-4H3. The number of allylic oxidation sites excluding steroid dienone is 3. The predicted molar refractivity (Wildman–Crippen MR) is 109 cm³/mol. The monoisotopic (exact) mass is 378 g/mol. The lowest BCUT2D eigenvalue weighted by Crippen LogP contribution is -2.29. The summed E-state index contributed by atoms with van der Waals surface area (Å²) in [7, 11) is 0. The maximum atomic E-state index is 12.7. The van der Waals surface area contributed by atoms with Crippen molar-refractivity contribution in [1.82, 2.24) is 0 Å². The Bertz CT molecular complexity index is 516. The van der Waals surface area contributed by atoms with Gasteiger partial charge in [-0.05, 0) is 24.7 Å². The van der Waals surface area contributed by atoms with Crippen molar-refractivity contribution in [2.75, 3.05) is 13.2 Å². The zero-order chi connectivity index (χ0) is 20.1. The van der Waals surface area contributed by atoms with Crippen molar-refractivity contribution >= 4 is 11.9 Å². The van der Waals surface area contributed by atoms with Crippen molar-refractivity contribution in [1.29, 1.82) is 0 Å². The lowest BCUT2D eigenvalue weighted by atomic mass is 9.81. The topological polar surface area (TPSA) is 52.6 Å². The maximum Gasteiger partial charge on any atom is 0.334 e. The van der Waals surface area contributed by atoms with Gasteiger partial charge in [0.2, 0.25) is 0 Å². The normalized spacial score (nSPS) is 18.5. The molecule has 0 saturated heterocycles. The molecule has 1 aliphatic carbocycles. The molecule has 1 rings (SSSR count). The van der Waals surface area contributed by atoms with E-state index >= 15 is 0 Å². The molecule has 1 unspecified atom stereocenters. The molecule has 154 valence electrons. The summed E-state index contributed by atoms with van der Waals surface area (Å²) in [4.78, 5) is 25.3. The molecule has 0 N–H and O–H groups in total. The Morgan fingerprint density at radius 1 is 0.963 bits per heavy atom. The average Bonchev–Trinajstić information content (AvgIpc) is 2.79. The Morgan fingerprint density at radius 3 is 2.15 bits per heavy atom. The number of carbonyl (C=O) groups is 2. The van der Waals surface area contributed by atoms with Crippen LogP contribution in [0, 0.1) is 11.3 Å². The molecule has 0 saturated carbocycles. The van der Waals surface area contributed by atoms with Crippen molar-refractivity contribution in [2.45, 2.75) is 85.5 Å². The number of hydrogen-bond donors (Lipinski definition) is 0. The molecular formula is C23H38O4. The molecule has 4 nitrogen and oxygen atoms in total. The van der Waals surface area contributed by atoms with Crippen molar-refractivity contribution in [3.05, 3.63) is 23.8 Å². The third kappa shape index (κ3) is 9.25. The summed E-state index contributed by atoms with van der Waals surface area (Å²) < 4.78 is 10.9. The molecule has 0 aromatic rings. The fourth-order valence-electron chi connectivity index (χ4n) is 3.23. The number of hydrogen-bond acceptors (Lipinski definition) is 4. The minimum atomic E-state index is -0.565. The van der Waals surface area contributed by atoms with E-state index in [9.17, 15) is 9.59 Å². The lowest BCUT2D eigenvalue weighted by Gasteiger charge is -2.25. The van der Waals surface area contributed by atoms with Gasteiger partial charge in [-0.25, -0.2) is 4.79 Å². The largest absolute Gasteiger partial charge is 0.465 e. The first-order valence-corrected chi connectivity index (χ1v) is 10.6. The molecule has 1 aliphatic rings. The fraction of sp³-hybridized carbons (Fsp3) is 0.739. The van der Waals surface area contributed by atoms with Gasteiger partial charge in [0.25, 0.3) is 0 Å². The minimum Gasteiger partial charge on any atom is -0.465 e. The fourth-order valence-corrected chi connectivity index (χ4v) is 3.23. The summed E-state index contributed by atoms with van der Waals surface area (Å²) in [6.45, 7) is 9.26. The third-order valence-electron chi connectivity index (χ3n) is 4.92. The molecule has 0 heterocycles. The van der Waals surface area contributed by atoms with E-state index in [1.807, 2.05) is 12.2 Å². The smallest absolute Gasteiger partial charge is 0.334 e. The van der Waals surface area contributed by atoms with Gasteiger partial charge in [0.05, 0.1) is 24.7 Å². The Balaban J connectivity index is 2.67. The highest BCUT2D eigenvalue weighted by Crippen LogP contribution is 2.34. The summed E-state index contributed by atoms with van der Waals surface area (Å²) in [5.41, 5.74) is 0.247. The van der Waals surface area contributed by atoms with Gasteiger partial charge in [-0.1, -0.05) is 84.4 Å². The third-order valence-corrected chi connectivity index (χ3v) is 4.92. The summed E-state index contributed by atoms with van der Waals surface area (Å²) >= 11 is 0. The average molecular weight is 379 g/mol. The quantitative estimate of drug-likeness (QED) is 0.320. The van der Waals surface area contributed by atoms with Gasteiger partial charge in [-0.3, -0.25) is 4.79 Å². The van der Waals surface area contributed by atoms with Gasteiger partial charge in [0.15, 0.2) is 0 Å². The Kier molecular flexibility index (Phi) is 11.1. The number of rotatable bonds is 12. The second-order valence-corrected chi connectivity index (χ2v) is 8.15. The summed E-state index contributed by atoms with van der Waals surface area (Å²) in [6.07, 6.45) is 14.6. The first kappa shape index (κ1) is 23.5. The molecule has 0 fully saturated rings. The van der Waals surface area contributed by atoms with E-state index in [0.717, 1.165) is 51.4 Å². The van der Waals surface area contributed by atoms with Crippen LogP contribution < -0.4 is 0 Å². The molecule has 0 bridgehead atoms. The van der Waals surface area contributed by atoms with Crippen LogP contribution in [0.5, 0.6) is 0 Å². The zero-order valence-electron chi connectivity index (χ0n) is 17.7. The number of ether oxygens (including phenoxy) is 2. The van der Waals surface area contributed by atoms with E-state index in [1.54, 1.807) is 6.08 Å². The van der Waals surface area contributed by atoms with Crippen LogP contribution in [0.1, 0.15) is 85.5 Å². The highest BCUT2D eigenvalue weighted by molar-refractivity contribution is 5.96. The molecule has 4 heteroatoms. The van der Waals surface area contributed by atoms with Crippen LogP contribution in [-0.2, 0) is 19.1 Å². The lowest BCUT2D eigenvalue weighted by molar-refractivity contribution is -0.151. The van der Waals surface area contributed by atoms with E-state index in [-0.39, 0.29) is 17.4 Å². The summed E-state index contributed by atoms with van der Waals surface area (Å²) in [5.74, 6) is -1.26. The molecule has 0 radical (unpaired) electrons. The second-order valence-electron chi connectivity index (χ2n) is 8.15. The first-order chi connectivity index (χ1) is 12.9. The second kappa shape index (κ2) is 12.7. The molecule has 1 atom stereocenters. The molecule has 0 aromatic heterocycles. The van der Waals surface area contributed by atoms with E-state index in [2.05, 4.69) is 27.7 Å². The van der Waals surface area contributed by atoms with Crippen LogP contribution in [0.4, 0.5) is 0 Å². The first-order valence-electron chi connectivity index (χ1n) is 10.6. The van der Waals surface area contributed by atoms with E-state index in [1.165, 1.54) is 0 Å². The van der Waals surface area contributed by atoms with Crippen LogP contribution in [0.2, 0.25) is 0 Å². The minimum absolute atomic E-state index is 0.175. The number of unbranched alkanes of at least 4 members (excludes halogenated alkanes) is 6. The molecule has 0 aliphatic heterocycles. The van der Waals surface area contributed by atoms with Crippen molar-refractivity contribution in [3.8, 4) is 0 Å². The molecular weight excluding hydrogens is 340 g/mol. The van der Waals surface area contributed by atoms with Crippen molar-refractivity contribution in [2.24, 2.45) is 11.3 Å². The number of carbonyl (C=O) groups excluding carboxylic acids is 2. The highest BCUT2D eigenvalue weighted by Gasteiger charge is 2.35. The van der Waals surface area contributed by atoms with Crippen molar-refractivity contribution < 1.29 is 19.1 Å². The van der Waals surface area contributed by atoms with Crippen LogP contribution >= 0.6 is 0 Å². The molecule has 0 spiro atoms. The zero-order valence-corrected chi connectivity index (χ0v) is 17.7. The van der Waals surface area contributed by atoms with Gasteiger partial charge in [-0.15, -0.1) is 0 Å². The SMILES string of the molecule is CCCCCCOC(=O)C1=CC=CC(C)(C)CC1C(=O)OCCCCCC. The van der Waals surface area contributed by atoms with Crippen LogP contribution in [0.25, 0.3) is 0 Å². The van der Waals surface area contributed by atoms with Crippen LogP contribution in [0.3, 0.4) is 0 Å². The number of esters is 2. The van der Waals surface area contributed by atoms with E-state index in [0.29, 0.717) is 25.2 Å². The maximum absolute atomic E-state index is 12.7. The molecule has 0 aromatic carbocycles. The Morgan fingerprint density at radius 2 is 1.56 bits per heavy atom. The highest BCUT2D eigenvalue weighted by atomic mass is 16.5. The van der Waals surface area contributed by atoms with Crippen LogP contribution in [-0.4, -0.2) is 25.2 Å². The Hall–Kier alpha value is -1.58. The molecule has 27 heavy (non-hydrogen) atoms. The van der Waals surface area contributed by atoms with Gasteiger partial charge >= 0.3 is 11.9 Å². The van der Waals surface area contributed by atoms with Crippen molar-refractivity contribution in [3.63, 3.8) is 0 Å². The van der Waals surface area contributed by atoms with E-state index in [4.69, 9.17) is 9.47 Å². The molecule has 0 amide bonds. The van der Waals surface area contributed by atoms with E-state index < -0.39 is 5.92 Å². The van der Waals surface area contributed by atoms with Gasteiger partial charge in [0.1, 0.15) is 0 Å². The van der Waals surface area contributed by atoms with Gasteiger partial charge in [-0.2, -0.15) is 0 Å². The summed E-state index contributed by atoms with van der Waals surface area (Å²) in [6, 6.07) is 0. The predicted octanol–water partition coefficient (Wildman–Crippen LogP) is 5.76. The van der Waals surface area contributed by atoms with Gasteiger partial charge < -0.3 is 9.47 Å².